The Morgan fingerprint density at radius 3 is 2.88 bits per heavy atom. The van der Waals surface area contributed by atoms with Crippen molar-refractivity contribution >= 4 is 16.8 Å². The monoisotopic (exact) mass is 245 g/mol. The summed E-state index contributed by atoms with van der Waals surface area (Å²) in [5.41, 5.74) is 0. The highest BCUT2D eigenvalue weighted by Crippen LogP contribution is 2.05. The number of esters is 1. The van der Waals surface area contributed by atoms with Crippen LogP contribution in [0.3, 0.4) is 0 Å². The second-order valence-corrected chi connectivity index (χ2v) is 4.98. The van der Waals surface area contributed by atoms with Crippen LogP contribution < -0.4 is 0 Å². The van der Waals surface area contributed by atoms with E-state index in [1.54, 1.807) is 18.7 Å². The highest BCUT2D eigenvalue weighted by atomic mass is 32.2. The van der Waals surface area contributed by atoms with Crippen molar-refractivity contribution in [3.63, 3.8) is 0 Å². The van der Waals surface area contributed by atoms with Gasteiger partial charge < -0.3 is 4.74 Å². The Balaban J connectivity index is 2.48. The van der Waals surface area contributed by atoms with Crippen molar-refractivity contribution in [3.05, 3.63) is 12.2 Å². The molecule has 0 saturated heterocycles. The van der Waals surface area contributed by atoms with Gasteiger partial charge in [0, 0.05) is 23.6 Å². The van der Waals surface area contributed by atoms with Gasteiger partial charge >= 0.3 is 5.97 Å². The van der Waals surface area contributed by atoms with Crippen LogP contribution >= 0.6 is 0 Å². The minimum absolute atomic E-state index is 0.277. The Hall–Kier alpha value is -1.24. The van der Waals surface area contributed by atoms with E-state index in [1.807, 2.05) is 0 Å². The van der Waals surface area contributed by atoms with E-state index in [1.165, 1.54) is 13.4 Å². The van der Waals surface area contributed by atoms with Crippen molar-refractivity contribution in [1.82, 2.24) is 14.8 Å². The number of carbonyl (C=O) groups is 1. The molecule has 0 aliphatic carbocycles. The molecule has 1 aromatic heterocycles. The van der Waals surface area contributed by atoms with E-state index in [4.69, 9.17) is 0 Å². The number of nitrogens with zero attached hydrogens (tertiary/aromatic N) is 3. The summed E-state index contributed by atoms with van der Waals surface area (Å²) in [5, 5.41) is 3.88. The van der Waals surface area contributed by atoms with Crippen molar-refractivity contribution in [1.29, 1.82) is 0 Å². The number of hydrogen-bond donors (Lipinski definition) is 0. The summed E-state index contributed by atoms with van der Waals surface area (Å²) >= 11 is 0. The van der Waals surface area contributed by atoms with E-state index in [2.05, 4.69) is 14.8 Å². The molecule has 1 aromatic rings. The van der Waals surface area contributed by atoms with Gasteiger partial charge in [-0.1, -0.05) is 6.92 Å². The van der Waals surface area contributed by atoms with Gasteiger partial charge in [0.05, 0.1) is 18.8 Å². The molecule has 90 valence electrons. The lowest BCUT2D eigenvalue weighted by Gasteiger charge is -2.08. The number of methoxy groups -OCH3 is 1. The first kappa shape index (κ1) is 12.8. The van der Waals surface area contributed by atoms with E-state index >= 15 is 0 Å². The Labute approximate surface area is 96.5 Å². The van der Waals surface area contributed by atoms with E-state index < -0.39 is 10.8 Å². The quantitative estimate of drug-likeness (QED) is 0.676. The molecule has 0 fully saturated rings. The maximum atomic E-state index is 11.7. The predicted molar refractivity (Wildman–Crippen MR) is 58.9 cm³/mol. The smallest absolute Gasteiger partial charge is 0.309 e. The first-order valence-electron chi connectivity index (χ1n) is 4.80. The van der Waals surface area contributed by atoms with Crippen molar-refractivity contribution in [3.8, 4) is 0 Å². The molecule has 7 heteroatoms. The summed E-state index contributed by atoms with van der Waals surface area (Å²) in [6.45, 7) is 1.69. The van der Waals surface area contributed by atoms with Crippen molar-refractivity contribution in [2.45, 2.75) is 12.7 Å². The van der Waals surface area contributed by atoms with Gasteiger partial charge in [-0.3, -0.25) is 13.7 Å². The minimum atomic E-state index is -1.14. The van der Waals surface area contributed by atoms with Crippen molar-refractivity contribution in [2.75, 3.05) is 12.9 Å². The van der Waals surface area contributed by atoms with Crippen LogP contribution in [-0.4, -0.2) is 37.8 Å². The predicted octanol–water partition coefficient (Wildman–Crippen LogP) is -0.127. The van der Waals surface area contributed by atoms with Crippen molar-refractivity contribution in [2.24, 2.45) is 13.0 Å². The fourth-order valence-corrected chi connectivity index (χ4v) is 2.56. The summed E-state index contributed by atoms with van der Waals surface area (Å²) in [5.74, 6) is 0.526. The van der Waals surface area contributed by atoms with Gasteiger partial charge in [0.2, 0.25) is 0 Å². The summed E-state index contributed by atoms with van der Waals surface area (Å²) < 4.78 is 17.9. The molecule has 1 heterocycles. The molecule has 1 rings (SSSR count). The van der Waals surface area contributed by atoms with Gasteiger partial charge in [0.1, 0.15) is 12.2 Å². The first-order valence-corrected chi connectivity index (χ1v) is 6.29. The van der Waals surface area contributed by atoms with Crippen LogP contribution in [0.4, 0.5) is 0 Å². The molecule has 0 aromatic carbocycles. The highest BCUT2D eigenvalue weighted by Gasteiger charge is 2.17. The van der Waals surface area contributed by atoms with Crippen LogP contribution in [0.25, 0.3) is 0 Å². The molecule has 0 aliphatic heterocycles. The Morgan fingerprint density at radius 2 is 2.38 bits per heavy atom. The van der Waals surface area contributed by atoms with Gasteiger partial charge in [-0.05, 0) is 0 Å². The normalized spacial score (nSPS) is 14.4. The lowest BCUT2D eigenvalue weighted by Crippen LogP contribution is -2.20. The highest BCUT2D eigenvalue weighted by molar-refractivity contribution is 7.84. The van der Waals surface area contributed by atoms with E-state index in [0.717, 1.165) is 0 Å². The Morgan fingerprint density at radius 1 is 1.69 bits per heavy atom. The molecule has 2 unspecified atom stereocenters. The molecule has 0 amide bonds. The lowest BCUT2D eigenvalue weighted by atomic mass is 10.2. The number of carbonyl (C=O) groups excluding carboxylic acids is 1. The van der Waals surface area contributed by atoms with Gasteiger partial charge in [-0.25, -0.2) is 4.98 Å². The largest absolute Gasteiger partial charge is 0.469 e. The van der Waals surface area contributed by atoms with Crippen LogP contribution in [-0.2, 0) is 33.1 Å². The molecule has 6 nitrogen and oxygen atoms in total. The Bertz CT molecular complexity index is 391. The van der Waals surface area contributed by atoms with Gasteiger partial charge in [-0.15, -0.1) is 0 Å². The summed E-state index contributed by atoms with van der Waals surface area (Å²) in [6, 6.07) is 0. The van der Waals surface area contributed by atoms with Gasteiger partial charge in [0.15, 0.2) is 0 Å². The maximum absolute atomic E-state index is 11.7. The molecule has 2 atom stereocenters. The molecule has 0 spiro atoms. The van der Waals surface area contributed by atoms with E-state index in [0.29, 0.717) is 11.6 Å². The maximum Gasteiger partial charge on any atom is 0.309 e. The topological polar surface area (TPSA) is 74.1 Å². The molecule has 0 aliphatic rings. The van der Waals surface area contributed by atoms with Gasteiger partial charge in [0.25, 0.3) is 0 Å². The number of aryl methyl sites for hydroxylation is 1. The molecule has 0 radical (unpaired) electrons. The second-order valence-electron chi connectivity index (χ2n) is 3.47. The SMILES string of the molecule is COC(=O)C(C)CS(=O)Cc1ncnn1C. The number of hydrogen-bond acceptors (Lipinski definition) is 5. The molecular formula is C9H15N3O3S. The third-order valence-corrected chi connectivity index (χ3v) is 3.59. The van der Waals surface area contributed by atoms with Crippen molar-refractivity contribution < 1.29 is 13.7 Å². The molecular weight excluding hydrogens is 230 g/mol. The molecule has 0 saturated carbocycles. The first-order chi connectivity index (χ1) is 7.54. The van der Waals surface area contributed by atoms with E-state index in [-0.39, 0.29) is 17.6 Å². The number of rotatable bonds is 5. The number of aromatic nitrogens is 3. The second kappa shape index (κ2) is 5.74. The fraction of sp³-hybridized carbons (Fsp3) is 0.667. The summed E-state index contributed by atoms with van der Waals surface area (Å²) in [7, 11) is 1.93. The average Bonchev–Trinajstić information content (AvgIpc) is 2.63. The van der Waals surface area contributed by atoms with Crippen LogP contribution in [0.5, 0.6) is 0 Å². The van der Waals surface area contributed by atoms with Gasteiger partial charge in [-0.2, -0.15) is 5.10 Å². The zero-order valence-electron chi connectivity index (χ0n) is 9.54. The minimum Gasteiger partial charge on any atom is -0.469 e. The standard InChI is InChI=1S/C9H15N3O3S/c1-7(9(13)15-3)4-16(14)5-8-10-6-11-12(8)2/h6-7H,4-5H2,1-3H3. The Kier molecular flexibility index (Phi) is 4.60. The zero-order valence-corrected chi connectivity index (χ0v) is 10.4. The summed E-state index contributed by atoms with van der Waals surface area (Å²) in [4.78, 5) is 15.1. The average molecular weight is 245 g/mol. The molecule has 0 bridgehead atoms. The third-order valence-electron chi connectivity index (χ3n) is 2.13. The van der Waals surface area contributed by atoms with E-state index in [9.17, 15) is 9.00 Å². The van der Waals surface area contributed by atoms with Crippen LogP contribution in [0.2, 0.25) is 0 Å². The zero-order chi connectivity index (χ0) is 12.1. The van der Waals surface area contributed by atoms with Crippen LogP contribution in [0.15, 0.2) is 6.33 Å². The molecule has 16 heavy (non-hydrogen) atoms. The fourth-order valence-electron chi connectivity index (χ4n) is 1.20. The van der Waals surface area contributed by atoms with Crippen LogP contribution in [0, 0.1) is 5.92 Å². The lowest BCUT2D eigenvalue weighted by molar-refractivity contribution is -0.144. The molecule has 0 N–H and O–H groups in total. The third kappa shape index (κ3) is 3.41. The van der Waals surface area contributed by atoms with Crippen LogP contribution in [0.1, 0.15) is 12.7 Å². The number of ether oxygens (including phenoxy) is 1. The summed E-state index contributed by atoms with van der Waals surface area (Å²) in [6.07, 6.45) is 1.41.